The first kappa shape index (κ1) is 15.0. The van der Waals surface area contributed by atoms with Crippen molar-refractivity contribution >= 4 is 27.4 Å². The van der Waals surface area contributed by atoms with E-state index < -0.39 is 11.4 Å². The topological polar surface area (TPSA) is 49.3 Å². The van der Waals surface area contributed by atoms with Crippen molar-refractivity contribution < 1.29 is 9.90 Å². The fraction of sp³-hybridized carbons (Fsp3) is 0.438. The van der Waals surface area contributed by atoms with Crippen molar-refractivity contribution in [2.75, 3.05) is 6.54 Å². The van der Waals surface area contributed by atoms with Gasteiger partial charge in [-0.05, 0) is 30.4 Å². The molecule has 0 saturated carbocycles. The summed E-state index contributed by atoms with van der Waals surface area (Å²) in [5, 5.41) is 14.0. The molecule has 1 heterocycles. The first-order chi connectivity index (χ1) is 9.61. The van der Waals surface area contributed by atoms with Crippen molar-refractivity contribution in [2.24, 2.45) is 5.41 Å². The Balaban J connectivity index is 1.99. The summed E-state index contributed by atoms with van der Waals surface area (Å²) in [5.41, 5.74) is -0.642. The van der Waals surface area contributed by atoms with Gasteiger partial charge in [0, 0.05) is 22.7 Å². The predicted octanol–water partition coefficient (Wildman–Crippen LogP) is 3.88. The largest absolute Gasteiger partial charge is 0.481 e. The lowest BCUT2D eigenvalue weighted by Gasteiger charge is -2.26. The maximum Gasteiger partial charge on any atom is 0.310 e. The standard InChI is InChI=1S/C16H21NO2S/c1-3-16(4-2,15(18)19)11-17-10-13-9-12-7-5-6-8-14(12)20-13/h5-9,17H,3-4,10-11H2,1-2H3,(H,18,19). The Morgan fingerprint density at radius 2 is 2.00 bits per heavy atom. The van der Waals surface area contributed by atoms with Crippen LogP contribution in [-0.2, 0) is 11.3 Å². The molecule has 0 aliphatic rings. The van der Waals surface area contributed by atoms with E-state index >= 15 is 0 Å². The number of carboxylic acid groups (broad SMARTS) is 1. The van der Waals surface area contributed by atoms with Crippen LogP contribution in [0, 0.1) is 5.41 Å². The van der Waals surface area contributed by atoms with E-state index in [0.29, 0.717) is 19.4 Å². The Labute approximate surface area is 123 Å². The number of hydrogen-bond acceptors (Lipinski definition) is 3. The van der Waals surface area contributed by atoms with Crippen LogP contribution in [0.1, 0.15) is 31.6 Å². The number of rotatable bonds is 7. The highest BCUT2D eigenvalue weighted by Crippen LogP contribution is 2.27. The highest BCUT2D eigenvalue weighted by molar-refractivity contribution is 7.19. The minimum atomic E-state index is -0.702. The summed E-state index contributed by atoms with van der Waals surface area (Å²) in [6.07, 6.45) is 1.30. The molecular weight excluding hydrogens is 270 g/mol. The summed E-state index contributed by atoms with van der Waals surface area (Å²) in [5.74, 6) is -0.702. The number of aliphatic carboxylic acids is 1. The van der Waals surface area contributed by atoms with Crippen LogP contribution < -0.4 is 5.32 Å². The van der Waals surface area contributed by atoms with Gasteiger partial charge in [-0.3, -0.25) is 4.79 Å². The molecule has 1 aromatic carbocycles. The van der Waals surface area contributed by atoms with Gasteiger partial charge in [0.25, 0.3) is 0 Å². The summed E-state index contributed by atoms with van der Waals surface area (Å²) in [7, 11) is 0. The molecule has 0 amide bonds. The second-order valence-corrected chi connectivity index (χ2v) is 6.32. The lowest BCUT2D eigenvalue weighted by Crippen LogP contribution is -2.39. The molecule has 2 aromatic rings. The van der Waals surface area contributed by atoms with Crippen LogP contribution in [-0.4, -0.2) is 17.6 Å². The average Bonchev–Trinajstić information content (AvgIpc) is 2.86. The van der Waals surface area contributed by atoms with E-state index in [1.54, 1.807) is 11.3 Å². The Bertz CT molecular complexity index is 554. The Morgan fingerprint density at radius 1 is 1.30 bits per heavy atom. The van der Waals surface area contributed by atoms with Crippen molar-refractivity contribution in [2.45, 2.75) is 33.2 Å². The van der Waals surface area contributed by atoms with E-state index in [1.807, 2.05) is 26.0 Å². The second kappa shape index (κ2) is 6.37. The molecule has 0 bridgehead atoms. The normalized spacial score (nSPS) is 11.9. The third-order valence-corrected chi connectivity index (χ3v) is 5.16. The molecule has 0 atom stereocenters. The first-order valence-corrected chi connectivity index (χ1v) is 7.84. The average molecular weight is 291 g/mol. The molecule has 3 nitrogen and oxygen atoms in total. The van der Waals surface area contributed by atoms with Crippen LogP contribution in [0.2, 0.25) is 0 Å². The number of nitrogens with one attached hydrogen (secondary N) is 1. The SMILES string of the molecule is CCC(CC)(CNCc1cc2ccccc2s1)C(=O)O. The molecule has 2 rings (SSSR count). The van der Waals surface area contributed by atoms with Crippen LogP contribution in [0.3, 0.4) is 0 Å². The Hall–Kier alpha value is -1.39. The highest BCUT2D eigenvalue weighted by atomic mass is 32.1. The first-order valence-electron chi connectivity index (χ1n) is 7.03. The molecule has 0 fully saturated rings. The number of thiophene rings is 1. The lowest BCUT2D eigenvalue weighted by atomic mass is 9.82. The number of carboxylic acids is 1. The third kappa shape index (κ3) is 3.02. The number of carbonyl (C=O) groups is 1. The van der Waals surface area contributed by atoms with Crippen molar-refractivity contribution in [3.63, 3.8) is 0 Å². The van der Waals surface area contributed by atoms with Gasteiger partial charge in [-0.25, -0.2) is 0 Å². The van der Waals surface area contributed by atoms with Crippen molar-refractivity contribution in [1.29, 1.82) is 0 Å². The van der Waals surface area contributed by atoms with Crippen molar-refractivity contribution in [1.82, 2.24) is 5.32 Å². The molecule has 0 aliphatic carbocycles. The highest BCUT2D eigenvalue weighted by Gasteiger charge is 2.34. The molecule has 108 valence electrons. The van der Waals surface area contributed by atoms with Crippen LogP contribution in [0.15, 0.2) is 30.3 Å². The van der Waals surface area contributed by atoms with Gasteiger partial charge in [-0.2, -0.15) is 0 Å². The zero-order chi connectivity index (χ0) is 14.6. The van der Waals surface area contributed by atoms with Gasteiger partial charge in [0.05, 0.1) is 5.41 Å². The van der Waals surface area contributed by atoms with E-state index in [4.69, 9.17) is 0 Å². The molecule has 20 heavy (non-hydrogen) atoms. The van der Waals surface area contributed by atoms with Gasteiger partial charge in [0.2, 0.25) is 0 Å². The van der Waals surface area contributed by atoms with E-state index in [1.165, 1.54) is 15.0 Å². The van der Waals surface area contributed by atoms with Gasteiger partial charge in [-0.1, -0.05) is 32.0 Å². The number of fused-ring (bicyclic) bond motifs is 1. The van der Waals surface area contributed by atoms with Crippen LogP contribution >= 0.6 is 11.3 Å². The molecule has 0 saturated heterocycles. The zero-order valence-electron chi connectivity index (χ0n) is 12.0. The lowest BCUT2D eigenvalue weighted by molar-refractivity contribution is -0.149. The molecule has 4 heteroatoms. The van der Waals surface area contributed by atoms with E-state index in [0.717, 1.165) is 6.54 Å². The number of benzene rings is 1. The molecule has 1 aromatic heterocycles. The molecule has 0 radical (unpaired) electrons. The quantitative estimate of drug-likeness (QED) is 0.814. The summed E-state index contributed by atoms with van der Waals surface area (Å²) in [4.78, 5) is 12.7. The minimum absolute atomic E-state index is 0.517. The molecule has 0 aliphatic heterocycles. The second-order valence-electron chi connectivity index (χ2n) is 5.15. The van der Waals surface area contributed by atoms with Gasteiger partial charge >= 0.3 is 5.97 Å². The molecule has 0 unspecified atom stereocenters. The van der Waals surface area contributed by atoms with E-state index in [9.17, 15) is 9.90 Å². The Kier molecular flexibility index (Phi) is 4.78. The van der Waals surface area contributed by atoms with Crippen LogP contribution in [0.4, 0.5) is 0 Å². The van der Waals surface area contributed by atoms with Crippen LogP contribution in [0.5, 0.6) is 0 Å². The molecular formula is C16H21NO2S. The Morgan fingerprint density at radius 3 is 2.60 bits per heavy atom. The smallest absolute Gasteiger partial charge is 0.310 e. The van der Waals surface area contributed by atoms with E-state index in [-0.39, 0.29) is 0 Å². The van der Waals surface area contributed by atoms with Crippen molar-refractivity contribution in [3.05, 3.63) is 35.2 Å². The fourth-order valence-electron chi connectivity index (χ4n) is 2.43. The zero-order valence-corrected chi connectivity index (χ0v) is 12.8. The van der Waals surface area contributed by atoms with Crippen molar-refractivity contribution in [3.8, 4) is 0 Å². The monoisotopic (exact) mass is 291 g/mol. The van der Waals surface area contributed by atoms with Gasteiger partial charge in [0.15, 0.2) is 0 Å². The summed E-state index contributed by atoms with van der Waals surface area (Å²) >= 11 is 1.76. The maximum atomic E-state index is 11.4. The summed E-state index contributed by atoms with van der Waals surface area (Å²) in [6, 6.07) is 10.5. The van der Waals surface area contributed by atoms with E-state index in [2.05, 4.69) is 23.5 Å². The maximum absolute atomic E-state index is 11.4. The molecule has 0 spiro atoms. The fourth-order valence-corrected chi connectivity index (χ4v) is 3.46. The summed E-state index contributed by atoms with van der Waals surface area (Å²) < 4.78 is 1.28. The molecule has 2 N–H and O–H groups in total. The summed E-state index contributed by atoms with van der Waals surface area (Å²) in [6.45, 7) is 5.13. The third-order valence-electron chi connectivity index (χ3n) is 4.05. The van der Waals surface area contributed by atoms with Crippen LogP contribution in [0.25, 0.3) is 10.1 Å². The van der Waals surface area contributed by atoms with Gasteiger partial charge in [-0.15, -0.1) is 11.3 Å². The minimum Gasteiger partial charge on any atom is -0.481 e. The van der Waals surface area contributed by atoms with Gasteiger partial charge < -0.3 is 10.4 Å². The number of hydrogen-bond donors (Lipinski definition) is 2. The predicted molar refractivity (Wildman–Crippen MR) is 84.2 cm³/mol. The van der Waals surface area contributed by atoms with Gasteiger partial charge in [0.1, 0.15) is 0 Å².